The van der Waals surface area contributed by atoms with Crippen LogP contribution in [-0.2, 0) is 4.79 Å². The Morgan fingerprint density at radius 2 is 2.47 bits per heavy atom. The summed E-state index contributed by atoms with van der Waals surface area (Å²) in [7, 11) is 0. The molecule has 0 aliphatic carbocycles. The number of amides is 1. The fraction of sp³-hybridized carbons (Fsp3) is 0.444. The van der Waals surface area contributed by atoms with E-state index in [1.54, 1.807) is 0 Å². The first kappa shape index (κ1) is 10.3. The van der Waals surface area contributed by atoms with Gasteiger partial charge in [-0.2, -0.15) is 0 Å². The molecule has 1 unspecified atom stereocenters. The van der Waals surface area contributed by atoms with Crippen molar-refractivity contribution < 1.29 is 4.79 Å². The van der Waals surface area contributed by atoms with Crippen molar-refractivity contribution in [1.82, 2.24) is 15.3 Å². The van der Waals surface area contributed by atoms with Gasteiger partial charge in [0.25, 0.3) is 0 Å². The molecule has 1 aliphatic rings. The van der Waals surface area contributed by atoms with Gasteiger partial charge in [0.05, 0.1) is 6.04 Å². The predicted octanol–water partition coefficient (Wildman–Crippen LogP) is 0.820. The maximum Gasteiger partial charge on any atom is 0.242 e. The molecule has 1 aliphatic heterocycles. The number of carbonyl (C=O) groups excluding carboxylic acids is 1. The maximum absolute atomic E-state index is 11.6. The number of carbonyl (C=O) groups is 1. The van der Waals surface area contributed by atoms with Gasteiger partial charge >= 0.3 is 0 Å². The van der Waals surface area contributed by atoms with Gasteiger partial charge in [0.1, 0.15) is 17.3 Å². The largest absolute Gasteiger partial charge is 0.309 e. The maximum atomic E-state index is 11.6. The Morgan fingerprint density at radius 1 is 1.60 bits per heavy atom. The third-order valence-electron chi connectivity index (χ3n) is 2.26. The molecule has 1 aromatic heterocycles. The zero-order chi connectivity index (χ0) is 10.7. The summed E-state index contributed by atoms with van der Waals surface area (Å²) in [4.78, 5) is 19.3. The van der Waals surface area contributed by atoms with E-state index in [0.717, 1.165) is 19.4 Å². The molecule has 1 aromatic rings. The Balaban J connectivity index is 1.99. The molecular formula is C9H11ClN4O. The number of aromatic nitrogens is 2. The monoisotopic (exact) mass is 226 g/mol. The fourth-order valence-electron chi connectivity index (χ4n) is 1.52. The Morgan fingerprint density at radius 3 is 3.13 bits per heavy atom. The van der Waals surface area contributed by atoms with Crippen LogP contribution in [0.1, 0.15) is 12.8 Å². The Labute approximate surface area is 92.3 Å². The Hall–Kier alpha value is -1.20. The van der Waals surface area contributed by atoms with Gasteiger partial charge in [-0.15, -0.1) is 0 Å². The van der Waals surface area contributed by atoms with E-state index in [-0.39, 0.29) is 11.9 Å². The van der Waals surface area contributed by atoms with Gasteiger partial charge < -0.3 is 10.6 Å². The minimum atomic E-state index is -0.112. The second kappa shape index (κ2) is 4.55. The van der Waals surface area contributed by atoms with Crippen LogP contribution in [-0.4, -0.2) is 28.5 Å². The molecule has 0 bridgehead atoms. The average molecular weight is 227 g/mol. The summed E-state index contributed by atoms with van der Waals surface area (Å²) < 4.78 is 0. The summed E-state index contributed by atoms with van der Waals surface area (Å²) in [5, 5.41) is 6.11. The van der Waals surface area contributed by atoms with Crippen molar-refractivity contribution >= 4 is 23.3 Å². The molecular weight excluding hydrogens is 216 g/mol. The lowest BCUT2D eigenvalue weighted by molar-refractivity contribution is -0.117. The van der Waals surface area contributed by atoms with Crippen molar-refractivity contribution in [2.24, 2.45) is 0 Å². The van der Waals surface area contributed by atoms with Crippen molar-refractivity contribution in [3.05, 3.63) is 17.5 Å². The number of rotatable bonds is 2. The van der Waals surface area contributed by atoms with Crippen molar-refractivity contribution in [2.45, 2.75) is 18.9 Å². The topological polar surface area (TPSA) is 66.9 Å². The van der Waals surface area contributed by atoms with Gasteiger partial charge in [-0.05, 0) is 19.4 Å². The van der Waals surface area contributed by atoms with E-state index in [0.29, 0.717) is 11.0 Å². The first-order valence-electron chi connectivity index (χ1n) is 4.77. The van der Waals surface area contributed by atoms with Crippen LogP contribution in [0, 0.1) is 0 Å². The van der Waals surface area contributed by atoms with Crippen LogP contribution in [0.5, 0.6) is 0 Å². The van der Waals surface area contributed by atoms with Crippen LogP contribution in [0.25, 0.3) is 0 Å². The summed E-state index contributed by atoms with van der Waals surface area (Å²) >= 11 is 5.67. The molecule has 0 aromatic carbocycles. The molecule has 80 valence electrons. The smallest absolute Gasteiger partial charge is 0.242 e. The third kappa shape index (κ3) is 2.64. The zero-order valence-electron chi connectivity index (χ0n) is 8.03. The molecule has 6 heteroatoms. The molecule has 2 rings (SSSR count). The third-order valence-corrected chi connectivity index (χ3v) is 2.47. The highest BCUT2D eigenvalue weighted by molar-refractivity contribution is 6.29. The predicted molar refractivity (Wildman–Crippen MR) is 56.7 cm³/mol. The minimum absolute atomic E-state index is 0.0673. The molecule has 2 N–H and O–H groups in total. The van der Waals surface area contributed by atoms with E-state index >= 15 is 0 Å². The number of halogens is 1. The quantitative estimate of drug-likeness (QED) is 0.733. The number of nitrogens with zero attached hydrogens (tertiary/aromatic N) is 2. The van der Waals surface area contributed by atoms with E-state index in [4.69, 9.17) is 11.6 Å². The first-order valence-corrected chi connectivity index (χ1v) is 5.15. The lowest BCUT2D eigenvalue weighted by Gasteiger charge is -2.09. The number of anilines is 1. The lowest BCUT2D eigenvalue weighted by Crippen LogP contribution is -2.35. The van der Waals surface area contributed by atoms with Crippen LogP contribution >= 0.6 is 11.6 Å². The summed E-state index contributed by atoms with van der Waals surface area (Å²) in [6.07, 6.45) is 3.22. The van der Waals surface area contributed by atoms with Crippen molar-refractivity contribution in [3.8, 4) is 0 Å². The summed E-state index contributed by atoms with van der Waals surface area (Å²) in [6, 6.07) is 1.41. The second-order valence-corrected chi connectivity index (χ2v) is 3.75. The van der Waals surface area contributed by atoms with Gasteiger partial charge in [-0.25, -0.2) is 9.97 Å². The van der Waals surface area contributed by atoms with Crippen molar-refractivity contribution in [3.63, 3.8) is 0 Å². The normalized spacial score (nSPS) is 20.2. The summed E-state index contributed by atoms with van der Waals surface area (Å²) in [5.41, 5.74) is 0. The lowest BCUT2D eigenvalue weighted by atomic mass is 10.2. The van der Waals surface area contributed by atoms with Gasteiger partial charge in [0.15, 0.2) is 0 Å². The van der Waals surface area contributed by atoms with Crippen LogP contribution in [0.15, 0.2) is 12.4 Å². The average Bonchev–Trinajstić information content (AvgIpc) is 2.70. The van der Waals surface area contributed by atoms with Crippen LogP contribution in [0.3, 0.4) is 0 Å². The second-order valence-electron chi connectivity index (χ2n) is 3.36. The van der Waals surface area contributed by atoms with E-state index in [2.05, 4.69) is 20.6 Å². The minimum Gasteiger partial charge on any atom is -0.309 e. The SMILES string of the molecule is O=C(Nc1cc(Cl)ncn1)C1CCCN1. The van der Waals surface area contributed by atoms with E-state index < -0.39 is 0 Å². The molecule has 1 saturated heterocycles. The van der Waals surface area contributed by atoms with Crippen molar-refractivity contribution in [1.29, 1.82) is 0 Å². The summed E-state index contributed by atoms with van der Waals surface area (Å²) in [6.45, 7) is 0.891. The highest BCUT2D eigenvalue weighted by Gasteiger charge is 2.22. The number of nitrogens with one attached hydrogen (secondary N) is 2. The number of hydrogen-bond donors (Lipinski definition) is 2. The van der Waals surface area contributed by atoms with Gasteiger partial charge in [0.2, 0.25) is 5.91 Å². The van der Waals surface area contributed by atoms with Gasteiger partial charge in [-0.3, -0.25) is 4.79 Å². The Bertz CT molecular complexity index is 365. The first-order chi connectivity index (χ1) is 7.25. The van der Waals surface area contributed by atoms with Crippen LogP contribution in [0.2, 0.25) is 5.15 Å². The molecule has 0 radical (unpaired) electrons. The van der Waals surface area contributed by atoms with E-state index in [9.17, 15) is 4.79 Å². The molecule has 1 fully saturated rings. The van der Waals surface area contributed by atoms with Crippen molar-refractivity contribution in [2.75, 3.05) is 11.9 Å². The van der Waals surface area contributed by atoms with Gasteiger partial charge in [-0.1, -0.05) is 11.6 Å². The molecule has 0 spiro atoms. The van der Waals surface area contributed by atoms with Crippen LogP contribution < -0.4 is 10.6 Å². The summed E-state index contributed by atoms with van der Waals surface area (Å²) in [5.74, 6) is 0.371. The highest BCUT2D eigenvalue weighted by Crippen LogP contribution is 2.11. The molecule has 1 atom stereocenters. The highest BCUT2D eigenvalue weighted by atomic mass is 35.5. The van der Waals surface area contributed by atoms with Gasteiger partial charge in [0, 0.05) is 6.07 Å². The van der Waals surface area contributed by atoms with E-state index in [1.807, 2.05) is 0 Å². The molecule has 1 amide bonds. The fourth-order valence-corrected chi connectivity index (χ4v) is 1.67. The molecule has 0 saturated carbocycles. The Kier molecular flexibility index (Phi) is 3.13. The standard InChI is InChI=1S/C9H11ClN4O/c10-7-4-8(13-5-12-7)14-9(15)6-2-1-3-11-6/h4-6,11H,1-3H2,(H,12,13,14,15). The molecule has 2 heterocycles. The number of hydrogen-bond acceptors (Lipinski definition) is 4. The molecule has 5 nitrogen and oxygen atoms in total. The zero-order valence-corrected chi connectivity index (χ0v) is 8.79. The molecule has 15 heavy (non-hydrogen) atoms. The van der Waals surface area contributed by atoms with Crippen LogP contribution in [0.4, 0.5) is 5.82 Å². The van der Waals surface area contributed by atoms with E-state index in [1.165, 1.54) is 12.4 Å².